The molecule has 1 saturated heterocycles. The molecule has 3 aliphatic rings. The van der Waals surface area contributed by atoms with E-state index in [1.54, 1.807) is 13.0 Å². The van der Waals surface area contributed by atoms with Crippen molar-refractivity contribution >= 4 is 28.7 Å². The number of aryl methyl sites for hydroxylation is 2. The van der Waals surface area contributed by atoms with Gasteiger partial charge in [0.2, 0.25) is 5.91 Å². The number of hydrogen-bond acceptors (Lipinski definition) is 4. The monoisotopic (exact) mass is 403 g/mol. The molecular formula is C23H25N5O2. The van der Waals surface area contributed by atoms with E-state index < -0.39 is 5.54 Å². The Bertz CT molecular complexity index is 1120. The number of amides is 2. The summed E-state index contributed by atoms with van der Waals surface area (Å²) in [6.45, 7) is 6.63. The highest BCUT2D eigenvalue weighted by Crippen LogP contribution is 2.36. The number of aromatic nitrogens is 2. The van der Waals surface area contributed by atoms with Gasteiger partial charge in [-0.05, 0) is 69.0 Å². The van der Waals surface area contributed by atoms with E-state index in [2.05, 4.69) is 36.0 Å². The van der Waals surface area contributed by atoms with E-state index in [1.807, 2.05) is 28.2 Å². The highest BCUT2D eigenvalue weighted by molar-refractivity contribution is 6.13. The molecule has 154 valence electrons. The minimum absolute atomic E-state index is 0.0411. The van der Waals surface area contributed by atoms with Crippen LogP contribution in [0.2, 0.25) is 0 Å². The number of rotatable bonds is 3. The predicted molar refractivity (Wildman–Crippen MR) is 115 cm³/mol. The van der Waals surface area contributed by atoms with Gasteiger partial charge in [0.1, 0.15) is 17.2 Å². The van der Waals surface area contributed by atoms with Gasteiger partial charge in [-0.1, -0.05) is 6.08 Å². The zero-order valence-corrected chi connectivity index (χ0v) is 17.5. The normalized spacial score (nSPS) is 25.4. The summed E-state index contributed by atoms with van der Waals surface area (Å²) >= 11 is 0. The molecule has 7 nitrogen and oxygen atoms in total. The Balaban J connectivity index is 1.40. The van der Waals surface area contributed by atoms with Crippen molar-refractivity contribution in [2.45, 2.75) is 51.6 Å². The van der Waals surface area contributed by atoms with Gasteiger partial charge in [0.25, 0.3) is 5.91 Å². The average molecular weight is 403 g/mol. The molecule has 0 spiro atoms. The number of carbonyl (C=O) groups is 2. The Kier molecular flexibility index (Phi) is 4.17. The zero-order valence-electron chi connectivity index (χ0n) is 17.5. The third-order valence-electron chi connectivity index (χ3n) is 6.55. The Morgan fingerprint density at radius 1 is 1.27 bits per heavy atom. The zero-order chi connectivity index (χ0) is 21.0. The number of nitrogens with one attached hydrogen (secondary N) is 1. The molecule has 7 heteroatoms. The lowest BCUT2D eigenvalue weighted by Gasteiger charge is -2.34. The van der Waals surface area contributed by atoms with Crippen LogP contribution in [-0.2, 0) is 9.59 Å². The molecule has 1 N–H and O–H groups in total. The summed E-state index contributed by atoms with van der Waals surface area (Å²) in [5.41, 5.74) is 3.35. The second-order valence-corrected chi connectivity index (χ2v) is 8.62. The van der Waals surface area contributed by atoms with Crippen LogP contribution in [0.1, 0.15) is 49.2 Å². The topological polar surface area (TPSA) is 81.7 Å². The van der Waals surface area contributed by atoms with Gasteiger partial charge < -0.3 is 14.8 Å². The van der Waals surface area contributed by atoms with Crippen LogP contribution >= 0.6 is 0 Å². The van der Waals surface area contributed by atoms with Gasteiger partial charge in [-0.25, -0.2) is 4.98 Å². The molecule has 2 amide bonds. The largest absolute Gasteiger partial charge is 0.340 e. The molecule has 0 radical (unpaired) electrons. The van der Waals surface area contributed by atoms with Gasteiger partial charge in [-0.2, -0.15) is 4.99 Å². The lowest BCUT2D eigenvalue weighted by molar-refractivity contribution is -0.138. The van der Waals surface area contributed by atoms with E-state index >= 15 is 0 Å². The molecule has 1 aromatic carbocycles. The first kappa shape index (κ1) is 18.8. The number of imidazole rings is 1. The SMILES string of the molecule is Cc1cc2nc([C@@H]3CCCN3C(=O)C[C@@]3(C)C(=O)N=C4C=CC=CN43)[nH]c2cc1C. The van der Waals surface area contributed by atoms with Crippen molar-refractivity contribution in [3.05, 3.63) is 53.5 Å². The van der Waals surface area contributed by atoms with Gasteiger partial charge in [0.05, 0.1) is 23.5 Å². The number of amidine groups is 1. The Morgan fingerprint density at radius 3 is 2.90 bits per heavy atom. The van der Waals surface area contributed by atoms with Crippen molar-refractivity contribution < 1.29 is 9.59 Å². The third-order valence-corrected chi connectivity index (χ3v) is 6.55. The number of fused-ring (bicyclic) bond motifs is 2. The number of likely N-dealkylation sites (tertiary alicyclic amines) is 1. The Labute approximate surface area is 175 Å². The summed E-state index contributed by atoms with van der Waals surface area (Å²) < 4.78 is 0. The van der Waals surface area contributed by atoms with Gasteiger partial charge in [0, 0.05) is 12.7 Å². The first-order valence-corrected chi connectivity index (χ1v) is 10.4. The number of benzene rings is 1. The first-order chi connectivity index (χ1) is 14.4. The number of hydrogen-bond donors (Lipinski definition) is 1. The van der Waals surface area contributed by atoms with E-state index in [1.165, 1.54) is 11.1 Å². The van der Waals surface area contributed by atoms with E-state index in [0.717, 1.165) is 29.7 Å². The third kappa shape index (κ3) is 2.80. The number of nitrogens with zero attached hydrogens (tertiary/aromatic N) is 4. The average Bonchev–Trinajstić information content (AvgIpc) is 3.40. The molecule has 30 heavy (non-hydrogen) atoms. The molecule has 1 aromatic heterocycles. The van der Waals surface area contributed by atoms with Crippen LogP contribution in [0.15, 0.2) is 41.6 Å². The van der Waals surface area contributed by atoms with Crippen molar-refractivity contribution in [3.63, 3.8) is 0 Å². The molecule has 0 saturated carbocycles. The summed E-state index contributed by atoms with van der Waals surface area (Å²) in [5.74, 6) is 1.10. The van der Waals surface area contributed by atoms with Crippen LogP contribution in [0, 0.1) is 13.8 Å². The molecule has 3 aliphatic heterocycles. The van der Waals surface area contributed by atoms with Crippen LogP contribution < -0.4 is 0 Å². The Hall–Kier alpha value is -3.22. The molecule has 1 fully saturated rings. The molecule has 0 aliphatic carbocycles. The molecule has 2 atom stereocenters. The van der Waals surface area contributed by atoms with Gasteiger partial charge >= 0.3 is 0 Å². The van der Waals surface area contributed by atoms with Crippen LogP contribution in [0.4, 0.5) is 0 Å². The van der Waals surface area contributed by atoms with Gasteiger partial charge in [0.15, 0.2) is 0 Å². The fraction of sp³-hybridized carbons (Fsp3) is 0.391. The van der Waals surface area contributed by atoms with E-state index in [4.69, 9.17) is 4.98 Å². The minimum Gasteiger partial charge on any atom is -0.340 e. The van der Waals surface area contributed by atoms with Crippen molar-refractivity contribution in [2.24, 2.45) is 4.99 Å². The fourth-order valence-electron chi connectivity index (χ4n) is 4.62. The van der Waals surface area contributed by atoms with Crippen molar-refractivity contribution in [1.82, 2.24) is 19.8 Å². The van der Waals surface area contributed by atoms with Crippen LogP contribution in [-0.4, -0.2) is 49.5 Å². The molecular weight excluding hydrogens is 378 g/mol. The number of carbonyl (C=O) groups excluding carboxylic acids is 2. The highest BCUT2D eigenvalue weighted by atomic mass is 16.2. The maximum atomic E-state index is 13.3. The van der Waals surface area contributed by atoms with Crippen LogP contribution in [0.25, 0.3) is 11.0 Å². The summed E-state index contributed by atoms with van der Waals surface area (Å²) in [5, 5.41) is 0. The maximum Gasteiger partial charge on any atom is 0.274 e. The summed E-state index contributed by atoms with van der Waals surface area (Å²) in [6.07, 6.45) is 9.20. The standard InChI is InChI=1S/C23H25N5O2/c1-14-11-16-17(12-15(14)2)25-21(24-16)18-7-6-9-27(18)20(29)13-23(3)22(30)26-19-8-4-5-10-28(19)23/h4-5,8,10-12,18H,6-7,9,13H2,1-3H3,(H,24,25)/t18-,23-/m0/s1. The second-order valence-electron chi connectivity index (χ2n) is 8.62. The molecule has 0 unspecified atom stereocenters. The number of aliphatic imine (C=N–C) groups is 1. The lowest BCUT2D eigenvalue weighted by Crippen LogP contribution is -2.50. The molecule has 2 aromatic rings. The second kappa shape index (κ2) is 6.65. The summed E-state index contributed by atoms with van der Waals surface area (Å²) in [6, 6.07) is 4.09. The van der Waals surface area contributed by atoms with Gasteiger partial charge in [-0.15, -0.1) is 0 Å². The minimum atomic E-state index is -0.983. The van der Waals surface area contributed by atoms with Crippen molar-refractivity contribution in [3.8, 4) is 0 Å². The maximum absolute atomic E-state index is 13.3. The summed E-state index contributed by atoms with van der Waals surface area (Å²) in [4.78, 5) is 42.0. The van der Waals surface area contributed by atoms with E-state index in [0.29, 0.717) is 12.4 Å². The van der Waals surface area contributed by atoms with Gasteiger partial charge in [-0.3, -0.25) is 9.59 Å². The predicted octanol–water partition coefficient (Wildman–Crippen LogP) is 3.32. The fourth-order valence-corrected chi connectivity index (χ4v) is 4.62. The Morgan fingerprint density at radius 2 is 2.07 bits per heavy atom. The van der Waals surface area contributed by atoms with Crippen LogP contribution in [0.5, 0.6) is 0 Å². The molecule has 4 heterocycles. The van der Waals surface area contributed by atoms with E-state index in [-0.39, 0.29) is 24.3 Å². The number of H-pyrrole nitrogens is 1. The highest BCUT2D eigenvalue weighted by Gasteiger charge is 2.48. The summed E-state index contributed by atoms with van der Waals surface area (Å²) in [7, 11) is 0. The number of allylic oxidation sites excluding steroid dienone is 2. The molecule has 5 rings (SSSR count). The lowest BCUT2D eigenvalue weighted by atomic mass is 9.94. The van der Waals surface area contributed by atoms with Crippen molar-refractivity contribution in [2.75, 3.05) is 6.54 Å². The van der Waals surface area contributed by atoms with Crippen LogP contribution in [0.3, 0.4) is 0 Å². The first-order valence-electron chi connectivity index (χ1n) is 10.4. The van der Waals surface area contributed by atoms with E-state index in [9.17, 15) is 9.59 Å². The molecule has 0 bridgehead atoms. The smallest absolute Gasteiger partial charge is 0.274 e. The quantitative estimate of drug-likeness (QED) is 0.852. The van der Waals surface area contributed by atoms with Crippen molar-refractivity contribution in [1.29, 1.82) is 0 Å². The number of aromatic amines is 1.